The van der Waals surface area contributed by atoms with Crippen LogP contribution in [0.5, 0.6) is 0 Å². The average molecular weight is 393 g/mol. The first kappa shape index (κ1) is 20.9. The van der Waals surface area contributed by atoms with Crippen LogP contribution >= 0.6 is 11.6 Å². The third-order valence-electron chi connectivity index (χ3n) is 4.24. The van der Waals surface area contributed by atoms with Crippen LogP contribution in [0.15, 0.2) is 40.9 Å². The lowest BCUT2D eigenvalue weighted by molar-refractivity contribution is -0.139. The smallest absolute Gasteiger partial charge is 0.335 e. The Morgan fingerprint density at radius 2 is 2.19 bits per heavy atom. The standard InChI is InChI=1S/C20H22ClFN2O3/c1-5-6-9-27-20(25)18-16(11-26-4)24-12(2)19(23-3)17(18)14-8-7-13(22)10-15(14)21/h7-8,10,17,24H,5-6,9,11H2,1-2,4H3. The van der Waals surface area contributed by atoms with Gasteiger partial charge in [0, 0.05) is 17.8 Å². The number of dihydropyridines is 1. The molecule has 27 heavy (non-hydrogen) atoms. The Bertz CT molecular complexity index is 827. The molecule has 0 aliphatic carbocycles. The molecule has 1 aromatic rings. The second-order valence-electron chi connectivity index (χ2n) is 6.16. The maximum absolute atomic E-state index is 13.5. The fraction of sp³-hybridized carbons (Fsp3) is 0.400. The SMILES string of the molecule is [C-]#[N+]C1=C(C)NC(COC)=C(C(=O)OCCCC)C1c1ccc(F)cc1Cl. The molecule has 0 fully saturated rings. The van der Waals surface area contributed by atoms with Crippen molar-refractivity contribution in [3.8, 4) is 0 Å². The fourth-order valence-electron chi connectivity index (χ4n) is 2.96. The molecular weight excluding hydrogens is 371 g/mol. The van der Waals surface area contributed by atoms with Gasteiger partial charge in [-0.3, -0.25) is 0 Å². The van der Waals surface area contributed by atoms with Gasteiger partial charge in [0.15, 0.2) is 5.70 Å². The number of ether oxygens (including phenoxy) is 2. The number of rotatable bonds is 7. The van der Waals surface area contributed by atoms with E-state index in [1.807, 2.05) is 6.92 Å². The molecule has 2 rings (SSSR count). The summed E-state index contributed by atoms with van der Waals surface area (Å²) in [5, 5.41) is 3.22. The van der Waals surface area contributed by atoms with Crippen LogP contribution in [0.1, 0.15) is 38.2 Å². The summed E-state index contributed by atoms with van der Waals surface area (Å²) in [6.45, 7) is 11.7. The fourth-order valence-corrected chi connectivity index (χ4v) is 3.23. The number of halogens is 2. The summed E-state index contributed by atoms with van der Waals surface area (Å²) >= 11 is 6.26. The lowest BCUT2D eigenvalue weighted by Gasteiger charge is -2.30. The Morgan fingerprint density at radius 1 is 1.44 bits per heavy atom. The maximum Gasteiger partial charge on any atom is 0.335 e. The van der Waals surface area contributed by atoms with Gasteiger partial charge in [-0.05, 0) is 31.0 Å². The summed E-state index contributed by atoms with van der Waals surface area (Å²) in [6.07, 6.45) is 1.62. The van der Waals surface area contributed by atoms with Gasteiger partial charge in [-0.1, -0.05) is 31.0 Å². The van der Waals surface area contributed by atoms with Crippen LogP contribution < -0.4 is 5.32 Å². The molecule has 0 saturated carbocycles. The highest BCUT2D eigenvalue weighted by Crippen LogP contribution is 2.42. The van der Waals surface area contributed by atoms with E-state index in [1.165, 1.54) is 25.3 Å². The van der Waals surface area contributed by atoms with Crippen molar-refractivity contribution < 1.29 is 18.7 Å². The minimum atomic E-state index is -0.754. The summed E-state index contributed by atoms with van der Waals surface area (Å²) < 4.78 is 24.2. The van der Waals surface area contributed by atoms with E-state index in [0.29, 0.717) is 22.7 Å². The Kier molecular flexibility index (Phi) is 7.40. The second kappa shape index (κ2) is 9.54. The van der Waals surface area contributed by atoms with Gasteiger partial charge in [0.05, 0.1) is 37.0 Å². The van der Waals surface area contributed by atoms with Crippen molar-refractivity contribution in [2.75, 3.05) is 20.3 Å². The van der Waals surface area contributed by atoms with Crippen LogP contribution in [0.2, 0.25) is 5.02 Å². The predicted octanol–water partition coefficient (Wildman–Crippen LogP) is 4.56. The van der Waals surface area contributed by atoms with Crippen molar-refractivity contribution in [1.82, 2.24) is 5.32 Å². The van der Waals surface area contributed by atoms with Crippen LogP contribution in [0.4, 0.5) is 4.39 Å². The van der Waals surface area contributed by atoms with E-state index >= 15 is 0 Å². The van der Waals surface area contributed by atoms with E-state index in [2.05, 4.69) is 10.2 Å². The molecular formula is C20H22ClFN2O3. The third kappa shape index (κ3) is 4.68. The number of hydrogen-bond acceptors (Lipinski definition) is 4. The summed E-state index contributed by atoms with van der Waals surface area (Å²) in [5.74, 6) is -1.78. The second-order valence-corrected chi connectivity index (χ2v) is 6.57. The van der Waals surface area contributed by atoms with Crippen LogP contribution in [0, 0.1) is 12.4 Å². The highest BCUT2D eigenvalue weighted by Gasteiger charge is 2.37. The molecule has 1 aliphatic heterocycles. The predicted molar refractivity (Wildman–Crippen MR) is 101 cm³/mol. The molecule has 1 atom stereocenters. The van der Waals surface area contributed by atoms with Crippen LogP contribution in [-0.4, -0.2) is 26.3 Å². The number of carbonyl (C=O) groups is 1. The summed E-state index contributed by atoms with van der Waals surface area (Å²) in [7, 11) is 1.51. The minimum Gasteiger partial charge on any atom is -0.462 e. The molecule has 5 nitrogen and oxygen atoms in total. The topological polar surface area (TPSA) is 51.9 Å². The normalized spacial score (nSPS) is 16.8. The molecule has 0 aromatic heterocycles. The van der Waals surface area contributed by atoms with Gasteiger partial charge in [0.1, 0.15) is 5.82 Å². The zero-order valence-electron chi connectivity index (χ0n) is 15.6. The average Bonchev–Trinajstić information content (AvgIpc) is 2.62. The molecule has 1 N–H and O–H groups in total. The molecule has 0 radical (unpaired) electrons. The summed E-state index contributed by atoms with van der Waals surface area (Å²) in [5.41, 5.74) is 2.15. The zero-order chi connectivity index (χ0) is 20.0. The summed E-state index contributed by atoms with van der Waals surface area (Å²) in [4.78, 5) is 16.5. The molecule has 1 heterocycles. The molecule has 144 valence electrons. The molecule has 0 bridgehead atoms. The van der Waals surface area contributed by atoms with E-state index < -0.39 is 17.7 Å². The number of nitrogens with one attached hydrogen (secondary N) is 1. The van der Waals surface area contributed by atoms with Gasteiger partial charge in [0.25, 0.3) is 0 Å². The van der Waals surface area contributed by atoms with E-state index in [9.17, 15) is 9.18 Å². The Labute approximate surface area is 163 Å². The van der Waals surface area contributed by atoms with E-state index in [1.54, 1.807) is 6.92 Å². The van der Waals surface area contributed by atoms with Crippen molar-refractivity contribution >= 4 is 17.6 Å². The maximum atomic E-state index is 13.5. The van der Waals surface area contributed by atoms with Gasteiger partial charge in [0.2, 0.25) is 0 Å². The molecule has 1 unspecified atom stereocenters. The minimum absolute atomic E-state index is 0.135. The molecule has 7 heteroatoms. The zero-order valence-corrected chi connectivity index (χ0v) is 16.3. The number of methoxy groups -OCH3 is 1. The number of hydrogen-bond donors (Lipinski definition) is 1. The highest BCUT2D eigenvalue weighted by molar-refractivity contribution is 6.31. The first-order chi connectivity index (χ1) is 12.9. The molecule has 0 saturated heterocycles. The van der Waals surface area contributed by atoms with Crippen LogP contribution in [0.3, 0.4) is 0 Å². The van der Waals surface area contributed by atoms with Crippen molar-refractivity contribution in [3.63, 3.8) is 0 Å². The van der Waals surface area contributed by atoms with Gasteiger partial charge < -0.3 is 14.8 Å². The van der Waals surface area contributed by atoms with Crippen LogP contribution in [0.25, 0.3) is 4.85 Å². The molecule has 1 aliphatic rings. The van der Waals surface area contributed by atoms with E-state index in [4.69, 9.17) is 27.6 Å². The number of carbonyl (C=O) groups excluding carboxylic acids is 1. The lowest BCUT2D eigenvalue weighted by Crippen LogP contribution is -2.31. The highest BCUT2D eigenvalue weighted by atomic mass is 35.5. The number of unbranched alkanes of at least 4 members (excludes halogenated alkanes) is 1. The molecule has 1 aromatic carbocycles. The number of benzene rings is 1. The van der Waals surface area contributed by atoms with Gasteiger partial charge in [-0.15, -0.1) is 0 Å². The largest absolute Gasteiger partial charge is 0.462 e. The van der Waals surface area contributed by atoms with E-state index in [-0.39, 0.29) is 23.8 Å². The summed E-state index contributed by atoms with van der Waals surface area (Å²) in [6, 6.07) is 3.93. The Hall–Kier alpha value is -2.36. The van der Waals surface area contributed by atoms with Gasteiger partial charge in [-0.25, -0.2) is 14.0 Å². The van der Waals surface area contributed by atoms with Gasteiger partial charge in [-0.2, -0.15) is 0 Å². The first-order valence-corrected chi connectivity index (χ1v) is 9.01. The van der Waals surface area contributed by atoms with Crippen molar-refractivity contribution in [2.45, 2.75) is 32.6 Å². The van der Waals surface area contributed by atoms with Crippen molar-refractivity contribution in [1.29, 1.82) is 0 Å². The number of esters is 1. The van der Waals surface area contributed by atoms with E-state index in [0.717, 1.165) is 12.8 Å². The molecule has 0 spiro atoms. The number of nitrogens with zero attached hydrogens (tertiary/aromatic N) is 1. The van der Waals surface area contributed by atoms with Crippen molar-refractivity contribution in [2.24, 2.45) is 0 Å². The van der Waals surface area contributed by atoms with Crippen molar-refractivity contribution in [3.05, 3.63) is 68.7 Å². The monoisotopic (exact) mass is 392 g/mol. The Balaban J connectivity index is 2.60. The van der Waals surface area contributed by atoms with Crippen LogP contribution in [-0.2, 0) is 14.3 Å². The molecule has 0 amide bonds. The quantitative estimate of drug-likeness (QED) is 0.420. The number of allylic oxidation sites excluding steroid dienone is 2. The third-order valence-corrected chi connectivity index (χ3v) is 4.57. The first-order valence-electron chi connectivity index (χ1n) is 8.63. The Morgan fingerprint density at radius 3 is 2.78 bits per heavy atom. The van der Waals surface area contributed by atoms with Gasteiger partial charge >= 0.3 is 5.97 Å². The lowest BCUT2D eigenvalue weighted by atomic mass is 9.84.